The zero-order chi connectivity index (χ0) is 22.0. The zero-order valence-corrected chi connectivity index (χ0v) is 15.8. The van der Waals surface area contributed by atoms with E-state index in [4.69, 9.17) is 10.5 Å². The molecular formula is C21H16F3N5O2. The van der Waals surface area contributed by atoms with Crippen LogP contribution in [0.5, 0.6) is 11.8 Å². The van der Waals surface area contributed by atoms with E-state index in [-0.39, 0.29) is 23.4 Å². The molecule has 1 unspecified atom stereocenters. The second-order valence-corrected chi connectivity index (χ2v) is 6.54. The number of halogens is 3. The largest absolute Gasteiger partial charge is 0.421 e. The van der Waals surface area contributed by atoms with Gasteiger partial charge >= 0.3 is 6.18 Å². The molecule has 0 saturated heterocycles. The number of aromatic nitrogens is 3. The number of alkyl halides is 3. The molecule has 4 rings (SSSR count). The highest BCUT2D eigenvalue weighted by atomic mass is 19.4. The highest BCUT2D eigenvalue weighted by Crippen LogP contribution is 2.32. The number of anilines is 2. The molecule has 7 nitrogen and oxygen atoms in total. The minimum absolute atomic E-state index is 0.0596. The summed E-state index contributed by atoms with van der Waals surface area (Å²) in [5.74, 6) is 0.536. The molecule has 0 radical (unpaired) electrons. The average Bonchev–Trinajstić information content (AvgIpc) is 2.73. The van der Waals surface area contributed by atoms with Crippen LogP contribution in [0.4, 0.5) is 24.8 Å². The Morgan fingerprint density at radius 3 is 2.52 bits per heavy atom. The van der Waals surface area contributed by atoms with Crippen molar-refractivity contribution in [3.05, 3.63) is 78.0 Å². The Morgan fingerprint density at radius 1 is 0.968 bits per heavy atom. The molecule has 0 bridgehead atoms. The van der Waals surface area contributed by atoms with Gasteiger partial charge in [-0.2, -0.15) is 18.2 Å². The van der Waals surface area contributed by atoms with Crippen molar-refractivity contribution in [2.75, 3.05) is 11.1 Å². The third-order valence-corrected chi connectivity index (χ3v) is 4.39. The van der Waals surface area contributed by atoms with Gasteiger partial charge in [0, 0.05) is 35.0 Å². The molecule has 4 aromatic rings. The van der Waals surface area contributed by atoms with Crippen molar-refractivity contribution < 1.29 is 23.0 Å². The lowest BCUT2D eigenvalue weighted by Gasteiger charge is -2.18. The quantitative estimate of drug-likeness (QED) is 0.402. The van der Waals surface area contributed by atoms with Crippen molar-refractivity contribution in [1.82, 2.24) is 15.0 Å². The minimum atomic E-state index is -4.48. The topological polar surface area (TPSA) is 106 Å². The maximum atomic E-state index is 12.9. The molecule has 0 spiro atoms. The van der Waals surface area contributed by atoms with E-state index in [1.165, 1.54) is 24.4 Å². The van der Waals surface area contributed by atoms with Gasteiger partial charge in [0.15, 0.2) is 6.23 Å². The number of hydrogen-bond acceptors (Lipinski definition) is 7. The summed E-state index contributed by atoms with van der Waals surface area (Å²) < 4.78 is 44.4. The summed E-state index contributed by atoms with van der Waals surface area (Å²) in [4.78, 5) is 12.1. The summed E-state index contributed by atoms with van der Waals surface area (Å²) in [6, 6.07) is 14.5. The molecule has 2 aromatic carbocycles. The van der Waals surface area contributed by atoms with E-state index in [1.54, 1.807) is 30.3 Å². The van der Waals surface area contributed by atoms with Crippen LogP contribution in [0.15, 0.2) is 66.9 Å². The van der Waals surface area contributed by atoms with E-state index in [9.17, 15) is 18.3 Å². The Labute approximate surface area is 174 Å². The van der Waals surface area contributed by atoms with Crippen LogP contribution < -0.4 is 15.8 Å². The van der Waals surface area contributed by atoms with Crippen molar-refractivity contribution >= 4 is 22.5 Å². The molecule has 10 heteroatoms. The highest BCUT2D eigenvalue weighted by Gasteiger charge is 2.30. The fourth-order valence-corrected chi connectivity index (χ4v) is 3.00. The average molecular weight is 427 g/mol. The summed E-state index contributed by atoms with van der Waals surface area (Å²) in [6.07, 6.45) is -4.29. The fourth-order valence-electron chi connectivity index (χ4n) is 3.00. The number of nitrogens with zero attached hydrogens (tertiary/aromatic N) is 3. The number of ether oxygens (including phenoxy) is 1. The van der Waals surface area contributed by atoms with E-state index in [2.05, 4.69) is 20.3 Å². The SMILES string of the molecule is Nc1nccc(Oc2ccc3c(C(O)Nc4cccc(C(F)(F)F)c4)cccc3n2)n1. The number of nitrogen functional groups attached to an aromatic ring is 1. The first-order valence-electron chi connectivity index (χ1n) is 9.07. The maximum Gasteiger partial charge on any atom is 0.416 e. The first kappa shape index (κ1) is 20.4. The minimum Gasteiger partial charge on any atom is -0.421 e. The molecule has 31 heavy (non-hydrogen) atoms. The van der Waals surface area contributed by atoms with Crippen LogP contribution in [-0.4, -0.2) is 20.1 Å². The standard InChI is InChI=1S/C21H16F3N5O2/c22-21(23,24)12-3-1-4-13(11-12)27-19(30)15-5-2-6-16-14(15)7-8-17(28-16)31-18-9-10-26-20(25)29-18/h1-11,19,27,30H,(H2,25,26,29). The van der Waals surface area contributed by atoms with Gasteiger partial charge in [-0.1, -0.05) is 18.2 Å². The number of aliphatic hydroxyl groups is 1. The second kappa shape index (κ2) is 8.07. The van der Waals surface area contributed by atoms with Gasteiger partial charge in [-0.25, -0.2) is 9.97 Å². The lowest BCUT2D eigenvalue weighted by Crippen LogP contribution is -2.12. The Morgan fingerprint density at radius 2 is 1.74 bits per heavy atom. The molecule has 0 aliphatic carbocycles. The first-order valence-corrected chi connectivity index (χ1v) is 9.07. The van der Waals surface area contributed by atoms with Gasteiger partial charge in [-0.15, -0.1) is 0 Å². The first-order chi connectivity index (χ1) is 14.8. The molecule has 4 N–H and O–H groups in total. The van der Waals surface area contributed by atoms with Gasteiger partial charge in [0.2, 0.25) is 17.7 Å². The lowest BCUT2D eigenvalue weighted by atomic mass is 10.1. The van der Waals surface area contributed by atoms with E-state index in [1.807, 2.05) is 0 Å². The van der Waals surface area contributed by atoms with Crippen molar-refractivity contribution in [2.24, 2.45) is 0 Å². The third kappa shape index (κ3) is 4.64. The van der Waals surface area contributed by atoms with Crippen LogP contribution in [0, 0.1) is 0 Å². The van der Waals surface area contributed by atoms with Crippen LogP contribution in [0.25, 0.3) is 10.9 Å². The van der Waals surface area contributed by atoms with E-state index >= 15 is 0 Å². The van der Waals surface area contributed by atoms with Gasteiger partial charge in [0.25, 0.3) is 0 Å². The normalized spacial score (nSPS) is 12.5. The monoisotopic (exact) mass is 427 g/mol. The Kier molecular flexibility index (Phi) is 5.30. The summed E-state index contributed by atoms with van der Waals surface area (Å²) in [7, 11) is 0. The number of nitrogens with two attached hydrogens (primary N) is 1. The molecule has 0 amide bonds. The molecule has 0 fully saturated rings. The summed E-state index contributed by atoms with van der Waals surface area (Å²) in [6.45, 7) is 0. The number of aliphatic hydroxyl groups excluding tert-OH is 1. The fraction of sp³-hybridized carbons (Fsp3) is 0.0952. The number of pyridine rings is 1. The van der Waals surface area contributed by atoms with Crippen LogP contribution >= 0.6 is 0 Å². The maximum absolute atomic E-state index is 12.9. The van der Waals surface area contributed by atoms with Crippen molar-refractivity contribution in [3.8, 4) is 11.8 Å². The zero-order valence-electron chi connectivity index (χ0n) is 15.8. The predicted molar refractivity (Wildman–Crippen MR) is 108 cm³/mol. The predicted octanol–water partition coefficient (Wildman–Crippen LogP) is 4.52. The van der Waals surface area contributed by atoms with E-state index < -0.39 is 18.0 Å². The van der Waals surface area contributed by atoms with Gasteiger partial charge in [0.1, 0.15) is 0 Å². The Bertz CT molecular complexity index is 1230. The molecule has 0 aliphatic rings. The van der Waals surface area contributed by atoms with E-state index in [0.29, 0.717) is 16.5 Å². The Hall–Kier alpha value is -3.92. The summed E-state index contributed by atoms with van der Waals surface area (Å²) >= 11 is 0. The molecule has 2 heterocycles. The third-order valence-electron chi connectivity index (χ3n) is 4.39. The molecule has 1 atom stereocenters. The summed E-state index contributed by atoms with van der Waals surface area (Å²) in [5.41, 5.74) is 5.82. The smallest absolute Gasteiger partial charge is 0.416 e. The molecule has 0 aliphatic heterocycles. The van der Waals surface area contributed by atoms with Crippen LogP contribution in [0.3, 0.4) is 0 Å². The van der Waals surface area contributed by atoms with Gasteiger partial charge in [-0.3, -0.25) is 0 Å². The van der Waals surface area contributed by atoms with Gasteiger partial charge in [-0.05, 0) is 30.3 Å². The van der Waals surface area contributed by atoms with Crippen LogP contribution in [-0.2, 0) is 6.18 Å². The number of fused-ring (bicyclic) bond motifs is 1. The molecule has 158 valence electrons. The second-order valence-electron chi connectivity index (χ2n) is 6.54. The lowest BCUT2D eigenvalue weighted by molar-refractivity contribution is -0.137. The Balaban J connectivity index is 1.59. The number of rotatable bonds is 5. The molecule has 2 aromatic heterocycles. The molecular weight excluding hydrogens is 411 g/mol. The van der Waals surface area contributed by atoms with Crippen molar-refractivity contribution in [3.63, 3.8) is 0 Å². The van der Waals surface area contributed by atoms with Crippen LogP contribution in [0.1, 0.15) is 17.4 Å². The number of benzene rings is 2. The molecule has 0 saturated carbocycles. The number of nitrogens with one attached hydrogen (secondary N) is 1. The van der Waals surface area contributed by atoms with E-state index in [0.717, 1.165) is 12.1 Å². The van der Waals surface area contributed by atoms with Gasteiger partial charge in [0.05, 0.1) is 11.1 Å². The highest BCUT2D eigenvalue weighted by molar-refractivity contribution is 5.83. The van der Waals surface area contributed by atoms with Crippen molar-refractivity contribution in [2.45, 2.75) is 12.4 Å². The number of hydrogen-bond donors (Lipinski definition) is 3. The van der Waals surface area contributed by atoms with Gasteiger partial charge < -0.3 is 20.9 Å². The van der Waals surface area contributed by atoms with Crippen LogP contribution in [0.2, 0.25) is 0 Å². The van der Waals surface area contributed by atoms with Crippen molar-refractivity contribution in [1.29, 1.82) is 0 Å². The summed E-state index contributed by atoms with van der Waals surface area (Å²) in [5, 5.41) is 13.9.